The molecular formula is C22H28N4O. The molecular weight excluding hydrogens is 336 g/mol. The van der Waals surface area contributed by atoms with Gasteiger partial charge in [0.25, 0.3) is 0 Å². The Balaban J connectivity index is 1.29. The molecule has 0 saturated carbocycles. The molecule has 0 spiro atoms. The maximum absolute atomic E-state index is 12.1. The van der Waals surface area contributed by atoms with Gasteiger partial charge in [-0.3, -0.25) is 9.69 Å². The van der Waals surface area contributed by atoms with Crippen LogP contribution in [-0.2, 0) is 6.54 Å². The van der Waals surface area contributed by atoms with E-state index in [1.807, 2.05) is 6.92 Å². The van der Waals surface area contributed by atoms with Crippen molar-refractivity contribution in [1.82, 2.24) is 14.9 Å². The third-order valence-electron chi connectivity index (χ3n) is 5.86. The Hall–Kier alpha value is -2.27. The summed E-state index contributed by atoms with van der Waals surface area (Å²) < 4.78 is 0. The molecule has 0 unspecified atom stereocenters. The van der Waals surface area contributed by atoms with Crippen LogP contribution in [0.4, 0.5) is 5.82 Å². The van der Waals surface area contributed by atoms with Crippen molar-refractivity contribution in [2.45, 2.75) is 39.2 Å². The van der Waals surface area contributed by atoms with Gasteiger partial charge in [0.1, 0.15) is 11.6 Å². The number of piperidine rings is 1. The topological polar surface area (TPSA) is 49.3 Å². The lowest BCUT2D eigenvalue weighted by Crippen LogP contribution is -2.37. The predicted octanol–water partition coefficient (Wildman–Crippen LogP) is 3.48. The lowest BCUT2D eigenvalue weighted by Gasteiger charge is -2.34. The van der Waals surface area contributed by atoms with E-state index in [-0.39, 0.29) is 5.78 Å². The van der Waals surface area contributed by atoms with Crippen LogP contribution in [0.25, 0.3) is 0 Å². The van der Waals surface area contributed by atoms with Crippen LogP contribution in [0.3, 0.4) is 0 Å². The van der Waals surface area contributed by atoms with Gasteiger partial charge in [-0.1, -0.05) is 30.3 Å². The van der Waals surface area contributed by atoms with Crippen LogP contribution in [0, 0.1) is 12.8 Å². The Morgan fingerprint density at radius 1 is 1.11 bits per heavy atom. The first-order valence-electron chi connectivity index (χ1n) is 10.1. The Morgan fingerprint density at radius 3 is 2.67 bits per heavy atom. The van der Waals surface area contributed by atoms with Crippen LogP contribution in [0.2, 0.25) is 0 Å². The number of hydrogen-bond donors (Lipinski definition) is 0. The zero-order valence-electron chi connectivity index (χ0n) is 16.1. The minimum atomic E-state index is 0.176. The molecule has 2 aromatic rings. The SMILES string of the molecule is Cc1ncc2c(n1)N(CCC1CCN(Cc3ccccc3)CC1)CCC2=O. The van der Waals surface area contributed by atoms with Crippen molar-refractivity contribution in [3.63, 3.8) is 0 Å². The predicted molar refractivity (Wildman–Crippen MR) is 107 cm³/mol. The van der Waals surface area contributed by atoms with Crippen molar-refractivity contribution >= 4 is 11.6 Å². The first-order valence-corrected chi connectivity index (χ1v) is 10.1. The second kappa shape index (κ2) is 8.17. The maximum atomic E-state index is 12.1. The van der Waals surface area contributed by atoms with Crippen molar-refractivity contribution < 1.29 is 4.79 Å². The highest BCUT2D eigenvalue weighted by Crippen LogP contribution is 2.27. The Bertz CT molecular complexity index is 784. The number of carbonyl (C=O) groups is 1. The molecule has 142 valence electrons. The summed E-state index contributed by atoms with van der Waals surface area (Å²) >= 11 is 0. The number of rotatable bonds is 5. The highest BCUT2D eigenvalue weighted by molar-refractivity contribution is 6.02. The highest BCUT2D eigenvalue weighted by atomic mass is 16.1. The van der Waals surface area contributed by atoms with E-state index in [9.17, 15) is 4.79 Å². The van der Waals surface area contributed by atoms with E-state index in [0.717, 1.165) is 37.2 Å². The van der Waals surface area contributed by atoms with Crippen LogP contribution in [0.15, 0.2) is 36.5 Å². The van der Waals surface area contributed by atoms with Crippen LogP contribution in [0.1, 0.15) is 47.4 Å². The number of likely N-dealkylation sites (tertiary alicyclic amines) is 1. The summed E-state index contributed by atoms with van der Waals surface area (Å²) in [6.45, 7) is 7.08. The van der Waals surface area contributed by atoms with Gasteiger partial charge >= 0.3 is 0 Å². The molecule has 2 aliphatic heterocycles. The number of aryl methyl sites for hydroxylation is 1. The van der Waals surface area contributed by atoms with Gasteiger partial charge < -0.3 is 4.90 Å². The highest BCUT2D eigenvalue weighted by Gasteiger charge is 2.26. The third-order valence-corrected chi connectivity index (χ3v) is 5.86. The van der Waals surface area contributed by atoms with E-state index < -0.39 is 0 Å². The molecule has 1 saturated heterocycles. The van der Waals surface area contributed by atoms with E-state index in [1.165, 1.54) is 37.9 Å². The van der Waals surface area contributed by atoms with Gasteiger partial charge in [-0.25, -0.2) is 9.97 Å². The molecule has 0 bridgehead atoms. The number of nitrogens with zero attached hydrogens (tertiary/aromatic N) is 4. The summed E-state index contributed by atoms with van der Waals surface area (Å²) in [6.07, 6.45) is 5.98. The fourth-order valence-corrected chi connectivity index (χ4v) is 4.20. The van der Waals surface area contributed by atoms with Gasteiger partial charge in [0, 0.05) is 32.3 Å². The molecule has 0 aliphatic carbocycles. The fraction of sp³-hybridized carbons (Fsp3) is 0.500. The van der Waals surface area contributed by atoms with Gasteiger partial charge in [0.05, 0.1) is 5.56 Å². The van der Waals surface area contributed by atoms with Gasteiger partial charge in [-0.2, -0.15) is 0 Å². The Morgan fingerprint density at radius 2 is 1.89 bits per heavy atom. The number of carbonyl (C=O) groups excluding carboxylic acids is 1. The number of ketones is 1. The average Bonchev–Trinajstić information content (AvgIpc) is 2.69. The fourth-order valence-electron chi connectivity index (χ4n) is 4.20. The Kier molecular flexibility index (Phi) is 5.48. The van der Waals surface area contributed by atoms with Gasteiger partial charge in [-0.05, 0) is 50.8 Å². The normalized spacial score (nSPS) is 18.6. The number of benzene rings is 1. The van der Waals surface area contributed by atoms with E-state index in [0.29, 0.717) is 12.0 Å². The van der Waals surface area contributed by atoms with Gasteiger partial charge in [0.2, 0.25) is 0 Å². The number of aromatic nitrogens is 2. The average molecular weight is 364 g/mol. The lowest BCUT2D eigenvalue weighted by atomic mass is 9.92. The van der Waals surface area contributed by atoms with Crippen molar-refractivity contribution in [2.24, 2.45) is 5.92 Å². The number of anilines is 1. The molecule has 0 amide bonds. The third kappa shape index (κ3) is 4.35. The molecule has 1 aromatic carbocycles. The van der Waals surface area contributed by atoms with E-state index in [4.69, 9.17) is 0 Å². The van der Waals surface area contributed by atoms with E-state index in [1.54, 1.807) is 6.20 Å². The Labute approximate surface area is 161 Å². The molecule has 0 atom stereocenters. The summed E-state index contributed by atoms with van der Waals surface area (Å²) in [5.74, 6) is 2.53. The first kappa shape index (κ1) is 18.1. The molecule has 2 aliphatic rings. The molecule has 5 heteroatoms. The largest absolute Gasteiger partial charge is 0.355 e. The molecule has 3 heterocycles. The van der Waals surface area contributed by atoms with Gasteiger partial charge in [-0.15, -0.1) is 0 Å². The van der Waals surface area contributed by atoms with E-state index >= 15 is 0 Å². The molecule has 1 aromatic heterocycles. The maximum Gasteiger partial charge on any atom is 0.169 e. The minimum absolute atomic E-state index is 0.176. The quantitative estimate of drug-likeness (QED) is 0.813. The second-order valence-corrected chi connectivity index (χ2v) is 7.81. The summed E-state index contributed by atoms with van der Waals surface area (Å²) in [5.41, 5.74) is 2.10. The smallest absolute Gasteiger partial charge is 0.169 e. The number of fused-ring (bicyclic) bond motifs is 1. The zero-order chi connectivity index (χ0) is 18.6. The summed E-state index contributed by atoms with van der Waals surface area (Å²) in [7, 11) is 0. The molecule has 27 heavy (non-hydrogen) atoms. The lowest BCUT2D eigenvalue weighted by molar-refractivity contribution is 0.0978. The summed E-state index contributed by atoms with van der Waals surface area (Å²) in [5, 5.41) is 0. The first-order chi connectivity index (χ1) is 13.2. The minimum Gasteiger partial charge on any atom is -0.355 e. The van der Waals surface area contributed by atoms with Gasteiger partial charge in [0.15, 0.2) is 5.78 Å². The van der Waals surface area contributed by atoms with Crippen LogP contribution in [-0.4, -0.2) is 46.8 Å². The summed E-state index contributed by atoms with van der Waals surface area (Å²) in [4.78, 5) is 25.7. The van der Waals surface area contributed by atoms with Crippen molar-refractivity contribution in [2.75, 3.05) is 31.1 Å². The summed E-state index contributed by atoms with van der Waals surface area (Å²) in [6, 6.07) is 10.7. The molecule has 0 N–H and O–H groups in total. The van der Waals surface area contributed by atoms with E-state index in [2.05, 4.69) is 50.1 Å². The molecule has 4 rings (SSSR count). The molecule has 1 fully saturated rings. The van der Waals surface area contributed by atoms with Crippen LogP contribution < -0.4 is 4.90 Å². The molecule has 5 nitrogen and oxygen atoms in total. The van der Waals surface area contributed by atoms with Crippen LogP contribution >= 0.6 is 0 Å². The second-order valence-electron chi connectivity index (χ2n) is 7.81. The monoisotopic (exact) mass is 364 g/mol. The zero-order valence-corrected chi connectivity index (χ0v) is 16.1. The van der Waals surface area contributed by atoms with Crippen molar-refractivity contribution in [3.05, 3.63) is 53.5 Å². The van der Waals surface area contributed by atoms with Crippen LogP contribution in [0.5, 0.6) is 0 Å². The number of hydrogen-bond acceptors (Lipinski definition) is 5. The molecule has 0 radical (unpaired) electrons. The van der Waals surface area contributed by atoms with Crippen molar-refractivity contribution in [3.8, 4) is 0 Å². The standard InChI is InChI=1S/C22H28N4O/c1-17-23-15-20-21(27)10-14-26(22(20)24-17)13-9-18-7-11-25(12-8-18)16-19-5-3-2-4-6-19/h2-6,15,18H,7-14,16H2,1H3. The van der Waals surface area contributed by atoms with Crippen molar-refractivity contribution in [1.29, 1.82) is 0 Å². The number of Topliss-reactive ketones (excluding diaryl/α,β-unsaturated/α-hetero) is 1.